The van der Waals surface area contributed by atoms with E-state index in [9.17, 15) is 21.6 Å². The molecule has 1 saturated carbocycles. The molecule has 3 rings (SSSR count). The van der Waals surface area contributed by atoms with E-state index in [-0.39, 0.29) is 36.8 Å². The molecule has 0 bridgehead atoms. The predicted octanol–water partition coefficient (Wildman–Crippen LogP) is 3.37. The summed E-state index contributed by atoms with van der Waals surface area (Å²) in [7, 11) is -4.31. The van der Waals surface area contributed by atoms with Gasteiger partial charge in [-0.2, -0.15) is 30.2 Å². The van der Waals surface area contributed by atoms with Crippen LogP contribution in [0.5, 0.6) is 0 Å². The SMILES string of the molecule is CCN(C(c1ccc(Cl)cc1)C(F)(F)F)S(=O)(=O)N1CCOC2(CC2)C1. The number of ether oxygens (including phenoxy) is 1. The molecule has 1 saturated heterocycles. The van der Waals surface area contributed by atoms with E-state index in [1.54, 1.807) is 0 Å². The Morgan fingerprint density at radius 3 is 2.42 bits per heavy atom. The molecule has 1 aromatic rings. The number of halogens is 4. The summed E-state index contributed by atoms with van der Waals surface area (Å²) in [6, 6.07) is 2.79. The van der Waals surface area contributed by atoms with E-state index in [2.05, 4.69) is 0 Å². The third-order valence-corrected chi connectivity index (χ3v) is 7.02. The van der Waals surface area contributed by atoms with E-state index in [0.29, 0.717) is 4.31 Å². The van der Waals surface area contributed by atoms with Crippen LogP contribution in [0.25, 0.3) is 0 Å². The number of nitrogens with zero attached hydrogens (tertiary/aromatic N) is 2. The first-order chi connectivity index (χ1) is 12.1. The average molecular weight is 413 g/mol. The van der Waals surface area contributed by atoms with Gasteiger partial charge in [0.1, 0.15) is 6.04 Å². The maximum Gasteiger partial charge on any atom is 0.409 e. The summed E-state index contributed by atoms with van der Waals surface area (Å²) in [6.45, 7) is 1.43. The first kappa shape index (κ1) is 19.9. The van der Waals surface area contributed by atoms with Crippen LogP contribution in [-0.2, 0) is 14.9 Å². The quantitative estimate of drug-likeness (QED) is 0.745. The molecule has 1 unspecified atom stereocenters. The Hall–Kier alpha value is -0.870. The Balaban J connectivity index is 1.96. The minimum Gasteiger partial charge on any atom is -0.372 e. The molecule has 0 radical (unpaired) electrons. The summed E-state index contributed by atoms with van der Waals surface area (Å²) in [4.78, 5) is 0. The van der Waals surface area contributed by atoms with Crippen molar-refractivity contribution in [2.45, 2.75) is 37.6 Å². The molecule has 2 aliphatic rings. The number of rotatable bonds is 5. The van der Waals surface area contributed by atoms with Crippen molar-refractivity contribution in [1.82, 2.24) is 8.61 Å². The van der Waals surface area contributed by atoms with Crippen molar-refractivity contribution < 1.29 is 26.3 Å². The molecule has 0 N–H and O–H groups in total. The summed E-state index contributed by atoms with van der Waals surface area (Å²) in [5, 5.41) is 0.282. The van der Waals surface area contributed by atoms with Gasteiger partial charge in [0.15, 0.2) is 0 Å². The number of hydrogen-bond acceptors (Lipinski definition) is 3. The van der Waals surface area contributed by atoms with Gasteiger partial charge in [0, 0.05) is 24.7 Å². The second kappa shape index (κ2) is 6.94. The first-order valence-corrected chi connectivity index (χ1v) is 10.1. The Bertz CT molecular complexity index is 751. The molecule has 146 valence electrons. The van der Waals surface area contributed by atoms with Crippen molar-refractivity contribution in [2.24, 2.45) is 0 Å². The maximum absolute atomic E-state index is 13.8. The van der Waals surface area contributed by atoms with E-state index in [0.717, 1.165) is 17.1 Å². The number of benzene rings is 1. The molecule has 26 heavy (non-hydrogen) atoms. The molecule has 1 aliphatic heterocycles. The summed E-state index contributed by atoms with van der Waals surface area (Å²) in [5.41, 5.74) is -0.680. The molecule has 0 aromatic heterocycles. The number of alkyl halides is 3. The van der Waals surface area contributed by atoms with Gasteiger partial charge in [-0.05, 0) is 30.5 Å². The first-order valence-electron chi connectivity index (χ1n) is 8.32. The fourth-order valence-electron chi connectivity index (χ4n) is 3.24. The monoisotopic (exact) mass is 412 g/mol. The highest BCUT2D eigenvalue weighted by molar-refractivity contribution is 7.86. The third kappa shape index (κ3) is 3.87. The summed E-state index contributed by atoms with van der Waals surface area (Å²) < 4.78 is 74.7. The van der Waals surface area contributed by atoms with Crippen LogP contribution in [-0.4, -0.2) is 55.0 Å². The highest BCUT2D eigenvalue weighted by Gasteiger charge is 2.54. The van der Waals surface area contributed by atoms with Crippen molar-refractivity contribution in [3.63, 3.8) is 0 Å². The van der Waals surface area contributed by atoms with Gasteiger partial charge in [-0.25, -0.2) is 0 Å². The van der Waals surface area contributed by atoms with Gasteiger partial charge in [0.2, 0.25) is 0 Å². The molecule has 1 aliphatic carbocycles. The fraction of sp³-hybridized carbons (Fsp3) is 0.625. The van der Waals surface area contributed by atoms with Gasteiger partial charge >= 0.3 is 6.18 Å². The van der Waals surface area contributed by atoms with Crippen LogP contribution in [0.3, 0.4) is 0 Å². The summed E-state index contributed by atoms with van der Waals surface area (Å²) in [6.07, 6.45) is -3.31. The van der Waals surface area contributed by atoms with Gasteiger partial charge in [0.05, 0.1) is 12.2 Å². The predicted molar refractivity (Wildman–Crippen MR) is 91.0 cm³/mol. The second-order valence-electron chi connectivity index (χ2n) is 6.57. The van der Waals surface area contributed by atoms with Crippen LogP contribution in [0.2, 0.25) is 5.02 Å². The number of morpholine rings is 1. The van der Waals surface area contributed by atoms with Crippen molar-refractivity contribution in [3.05, 3.63) is 34.9 Å². The van der Waals surface area contributed by atoms with Crippen LogP contribution in [0.4, 0.5) is 13.2 Å². The minimum absolute atomic E-state index is 0.0474. The van der Waals surface area contributed by atoms with Gasteiger partial charge in [0.25, 0.3) is 10.2 Å². The highest BCUT2D eigenvalue weighted by atomic mass is 35.5. The highest BCUT2D eigenvalue weighted by Crippen LogP contribution is 2.44. The van der Waals surface area contributed by atoms with Crippen molar-refractivity contribution >= 4 is 21.8 Å². The van der Waals surface area contributed by atoms with Crippen molar-refractivity contribution in [3.8, 4) is 0 Å². The second-order valence-corrected chi connectivity index (χ2v) is 8.89. The number of hydrogen-bond donors (Lipinski definition) is 0. The van der Waals surface area contributed by atoms with Gasteiger partial charge < -0.3 is 4.74 Å². The smallest absolute Gasteiger partial charge is 0.372 e. The van der Waals surface area contributed by atoms with Crippen LogP contribution >= 0.6 is 11.6 Å². The van der Waals surface area contributed by atoms with E-state index < -0.39 is 28.0 Å². The van der Waals surface area contributed by atoms with E-state index >= 15 is 0 Å². The fourth-order valence-corrected chi connectivity index (χ4v) is 5.20. The molecule has 0 amide bonds. The Kier molecular flexibility index (Phi) is 5.31. The normalized spacial score (nSPS) is 21.9. The molecule has 1 atom stereocenters. The molecule has 1 spiro atoms. The molecule has 2 fully saturated rings. The largest absolute Gasteiger partial charge is 0.409 e. The van der Waals surface area contributed by atoms with Crippen molar-refractivity contribution in [1.29, 1.82) is 0 Å². The maximum atomic E-state index is 13.8. The Labute approximate surface area is 155 Å². The average Bonchev–Trinajstić information content (AvgIpc) is 3.31. The Morgan fingerprint density at radius 1 is 1.31 bits per heavy atom. The zero-order valence-electron chi connectivity index (χ0n) is 14.2. The zero-order chi connectivity index (χ0) is 19.2. The van der Waals surface area contributed by atoms with Crippen molar-refractivity contribution in [2.75, 3.05) is 26.2 Å². The molecule has 10 heteroatoms. The molecule has 1 heterocycles. The van der Waals surface area contributed by atoms with Crippen LogP contribution < -0.4 is 0 Å². The van der Waals surface area contributed by atoms with E-state index in [4.69, 9.17) is 16.3 Å². The van der Waals surface area contributed by atoms with E-state index in [1.165, 1.54) is 31.2 Å². The minimum atomic E-state index is -4.76. The topological polar surface area (TPSA) is 49.9 Å². The van der Waals surface area contributed by atoms with E-state index in [1.807, 2.05) is 0 Å². The molecular formula is C16H20ClF3N2O3S. The van der Waals surface area contributed by atoms with Crippen LogP contribution in [0.15, 0.2) is 24.3 Å². The van der Waals surface area contributed by atoms with Crippen LogP contribution in [0, 0.1) is 0 Å². The third-order valence-electron chi connectivity index (χ3n) is 4.74. The molecule has 5 nitrogen and oxygen atoms in total. The van der Waals surface area contributed by atoms with Gasteiger partial charge in [-0.15, -0.1) is 0 Å². The lowest BCUT2D eigenvalue weighted by Crippen LogP contribution is -2.54. The van der Waals surface area contributed by atoms with Gasteiger partial charge in [-0.3, -0.25) is 0 Å². The summed E-state index contributed by atoms with van der Waals surface area (Å²) in [5.74, 6) is 0. The molecule has 1 aromatic carbocycles. The lowest BCUT2D eigenvalue weighted by Gasteiger charge is -2.39. The summed E-state index contributed by atoms with van der Waals surface area (Å²) >= 11 is 5.76. The lowest BCUT2D eigenvalue weighted by atomic mass is 10.1. The standard InChI is InChI=1S/C16H20ClF3N2O3S/c1-2-22(14(16(18,19)20)12-3-5-13(17)6-4-12)26(23,24)21-9-10-25-15(11-21)7-8-15/h3-6,14H,2,7-11H2,1H3. The lowest BCUT2D eigenvalue weighted by molar-refractivity contribution is -0.174. The zero-order valence-corrected chi connectivity index (χ0v) is 15.7. The van der Waals surface area contributed by atoms with Gasteiger partial charge in [-0.1, -0.05) is 30.7 Å². The Morgan fingerprint density at radius 2 is 1.92 bits per heavy atom. The molecular weight excluding hydrogens is 393 g/mol. The van der Waals surface area contributed by atoms with Crippen LogP contribution in [0.1, 0.15) is 31.4 Å².